The third kappa shape index (κ3) is 7.02. The van der Waals surface area contributed by atoms with E-state index < -0.39 is 5.91 Å². The van der Waals surface area contributed by atoms with Gasteiger partial charge >= 0.3 is 0 Å². The molecule has 0 aliphatic heterocycles. The number of benzene rings is 1. The van der Waals surface area contributed by atoms with Gasteiger partial charge in [-0.25, -0.2) is 10.4 Å². The number of aryl methyl sites for hydroxylation is 1. The molecule has 1 amide bonds. The summed E-state index contributed by atoms with van der Waals surface area (Å²) in [6.07, 6.45) is 3.07. The van der Waals surface area contributed by atoms with Gasteiger partial charge in [-0.05, 0) is 56.5 Å². The van der Waals surface area contributed by atoms with E-state index in [-0.39, 0.29) is 24.7 Å². The number of nitrogens with one attached hydrogen (secondary N) is 1. The molecule has 1 N–H and O–H groups in total. The molecule has 0 unspecified atom stereocenters. The van der Waals surface area contributed by atoms with Crippen LogP contribution in [0.1, 0.15) is 22.4 Å². The molecule has 0 saturated heterocycles. The van der Waals surface area contributed by atoms with Crippen molar-refractivity contribution in [2.45, 2.75) is 13.5 Å². The Morgan fingerprint density at radius 1 is 1.33 bits per heavy atom. The Kier molecular flexibility index (Phi) is 10.3. The number of hydrogen-bond acceptors (Lipinski definition) is 8. The lowest BCUT2D eigenvalue weighted by Crippen LogP contribution is -2.25. The standard InChI is InChI=1S/C22H22Br2N4O5/c1-5-6-32-21-17(23)7-14(8-18(21)31-4)10-26-28-19(29)12-33-22-15(9-25)16(11-30-3)20(24)13(2)27-22/h5,7-8,10H,1,6,11-12H2,2-4H3,(H,28,29)/b26-10+. The van der Waals surface area contributed by atoms with Crippen molar-refractivity contribution in [2.75, 3.05) is 27.4 Å². The van der Waals surface area contributed by atoms with Crippen LogP contribution in [0.5, 0.6) is 17.4 Å². The van der Waals surface area contributed by atoms with Crippen LogP contribution in [0.3, 0.4) is 0 Å². The number of halogens is 2. The van der Waals surface area contributed by atoms with Crippen LogP contribution in [0.15, 0.2) is 38.8 Å². The second kappa shape index (κ2) is 12.9. The van der Waals surface area contributed by atoms with Gasteiger partial charge in [0.05, 0.1) is 30.1 Å². The predicted octanol–water partition coefficient (Wildman–Crippen LogP) is 4.04. The Hall–Kier alpha value is -2.94. The summed E-state index contributed by atoms with van der Waals surface area (Å²) in [5, 5.41) is 13.4. The first-order chi connectivity index (χ1) is 15.9. The minimum absolute atomic E-state index is 0.0492. The van der Waals surface area contributed by atoms with Gasteiger partial charge in [-0.1, -0.05) is 12.7 Å². The Balaban J connectivity index is 2.06. The first kappa shape index (κ1) is 26.3. The Labute approximate surface area is 208 Å². The summed E-state index contributed by atoms with van der Waals surface area (Å²) in [6, 6.07) is 5.52. The van der Waals surface area contributed by atoms with Crippen LogP contribution >= 0.6 is 31.9 Å². The summed E-state index contributed by atoms with van der Waals surface area (Å²) < 4.78 is 22.9. The highest BCUT2D eigenvalue weighted by Gasteiger charge is 2.18. The van der Waals surface area contributed by atoms with Crippen molar-refractivity contribution in [1.82, 2.24) is 10.4 Å². The molecule has 0 spiro atoms. The lowest BCUT2D eigenvalue weighted by atomic mass is 10.1. The van der Waals surface area contributed by atoms with Crippen molar-refractivity contribution >= 4 is 44.0 Å². The topological polar surface area (TPSA) is 115 Å². The second-order valence-electron chi connectivity index (χ2n) is 6.43. The van der Waals surface area contributed by atoms with Crippen molar-refractivity contribution in [1.29, 1.82) is 5.26 Å². The molecule has 0 saturated carbocycles. The number of rotatable bonds is 11. The molecule has 0 aliphatic rings. The highest BCUT2D eigenvalue weighted by molar-refractivity contribution is 9.10. The molecule has 2 rings (SSSR count). The Morgan fingerprint density at radius 3 is 2.73 bits per heavy atom. The molecule has 33 heavy (non-hydrogen) atoms. The van der Waals surface area contributed by atoms with Crippen molar-refractivity contribution in [3.63, 3.8) is 0 Å². The quantitative estimate of drug-likeness (QED) is 0.242. The van der Waals surface area contributed by atoms with Crippen LogP contribution in [0.4, 0.5) is 0 Å². The first-order valence-electron chi connectivity index (χ1n) is 9.50. The Morgan fingerprint density at radius 2 is 2.09 bits per heavy atom. The zero-order valence-corrected chi connectivity index (χ0v) is 21.4. The van der Waals surface area contributed by atoms with E-state index in [1.54, 1.807) is 25.1 Å². The summed E-state index contributed by atoms with van der Waals surface area (Å²) in [6.45, 7) is 5.51. The smallest absolute Gasteiger partial charge is 0.278 e. The van der Waals surface area contributed by atoms with Crippen LogP contribution in [-0.2, 0) is 16.1 Å². The van der Waals surface area contributed by atoms with Gasteiger partial charge in [0.1, 0.15) is 18.2 Å². The Bertz CT molecular complexity index is 1100. The van der Waals surface area contributed by atoms with Gasteiger partial charge in [-0.3, -0.25) is 4.79 Å². The minimum Gasteiger partial charge on any atom is -0.493 e. The SMILES string of the molecule is C=CCOc1c(Br)cc(/C=N/NC(=O)COc2nc(C)c(Br)c(COC)c2C#N)cc1OC. The summed E-state index contributed by atoms with van der Waals surface area (Å²) in [7, 11) is 3.04. The van der Waals surface area contributed by atoms with Gasteiger partial charge in [0.2, 0.25) is 5.88 Å². The van der Waals surface area contributed by atoms with Gasteiger partial charge < -0.3 is 18.9 Å². The summed E-state index contributed by atoms with van der Waals surface area (Å²) in [5.41, 5.74) is 4.43. The van der Waals surface area contributed by atoms with Crippen molar-refractivity contribution < 1.29 is 23.7 Å². The first-order valence-corrected chi connectivity index (χ1v) is 11.1. The highest BCUT2D eigenvalue weighted by Crippen LogP contribution is 2.36. The molecule has 9 nitrogen and oxygen atoms in total. The monoisotopic (exact) mass is 580 g/mol. The number of aromatic nitrogens is 1. The predicted molar refractivity (Wildman–Crippen MR) is 130 cm³/mol. The third-order valence-corrected chi connectivity index (χ3v) is 5.75. The fraction of sp³-hybridized carbons (Fsp3) is 0.273. The summed E-state index contributed by atoms with van der Waals surface area (Å²) >= 11 is 6.83. The van der Waals surface area contributed by atoms with E-state index in [9.17, 15) is 10.1 Å². The maximum Gasteiger partial charge on any atom is 0.278 e. The van der Waals surface area contributed by atoms with Gasteiger partial charge in [-0.15, -0.1) is 0 Å². The zero-order valence-electron chi connectivity index (χ0n) is 18.3. The van der Waals surface area contributed by atoms with E-state index in [1.807, 2.05) is 6.07 Å². The molecule has 1 aromatic carbocycles. The molecular weight excluding hydrogens is 560 g/mol. The maximum atomic E-state index is 12.2. The van der Waals surface area contributed by atoms with Crippen LogP contribution < -0.4 is 19.6 Å². The van der Waals surface area contributed by atoms with E-state index in [1.165, 1.54) is 20.4 Å². The number of amides is 1. The molecule has 2 aromatic rings. The number of methoxy groups -OCH3 is 2. The van der Waals surface area contributed by atoms with Crippen LogP contribution in [0.2, 0.25) is 0 Å². The number of carbonyl (C=O) groups excluding carboxylic acids is 1. The molecule has 0 atom stereocenters. The van der Waals surface area contributed by atoms with E-state index in [4.69, 9.17) is 18.9 Å². The molecular formula is C22H22Br2N4O5. The molecule has 1 heterocycles. The van der Waals surface area contributed by atoms with Gasteiger partial charge in [0.25, 0.3) is 5.91 Å². The van der Waals surface area contributed by atoms with E-state index in [0.717, 1.165) is 0 Å². The average Bonchev–Trinajstić information content (AvgIpc) is 2.80. The fourth-order valence-electron chi connectivity index (χ4n) is 2.66. The van der Waals surface area contributed by atoms with E-state index in [0.29, 0.717) is 43.9 Å². The van der Waals surface area contributed by atoms with Crippen molar-refractivity contribution in [3.8, 4) is 23.4 Å². The van der Waals surface area contributed by atoms with E-state index >= 15 is 0 Å². The fourth-order valence-corrected chi connectivity index (χ4v) is 3.63. The van der Waals surface area contributed by atoms with Gasteiger partial charge in [0.15, 0.2) is 18.1 Å². The van der Waals surface area contributed by atoms with Gasteiger partial charge in [-0.2, -0.15) is 10.4 Å². The molecule has 11 heteroatoms. The van der Waals surface area contributed by atoms with Crippen LogP contribution in [-0.4, -0.2) is 44.5 Å². The number of nitriles is 1. The number of hydrazone groups is 1. The number of pyridine rings is 1. The molecule has 1 aromatic heterocycles. The summed E-state index contributed by atoms with van der Waals surface area (Å²) in [4.78, 5) is 16.4. The molecule has 174 valence electrons. The van der Waals surface area contributed by atoms with Gasteiger partial charge in [0, 0.05) is 17.1 Å². The molecule has 0 aliphatic carbocycles. The number of hydrogen-bond donors (Lipinski definition) is 1. The zero-order chi connectivity index (χ0) is 24.4. The van der Waals surface area contributed by atoms with Crippen molar-refractivity contribution in [2.24, 2.45) is 5.10 Å². The van der Waals surface area contributed by atoms with Crippen molar-refractivity contribution in [3.05, 3.63) is 56.1 Å². The van der Waals surface area contributed by atoms with Crippen LogP contribution in [0, 0.1) is 18.3 Å². The largest absolute Gasteiger partial charge is 0.493 e. The average molecular weight is 582 g/mol. The molecule has 0 radical (unpaired) electrons. The van der Waals surface area contributed by atoms with Crippen LogP contribution in [0.25, 0.3) is 0 Å². The minimum atomic E-state index is -0.525. The third-order valence-electron chi connectivity index (χ3n) is 4.11. The lowest BCUT2D eigenvalue weighted by Gasteiger charge is -2.13. The number of nitrogens with zero attached hydrogens (tertiary/aromatic N) is 3. The van der Waals surface area contributed by atoms with E-state index in [2.05, 4.69) is 54.0 Å². The molecule has 0 fully saturated rings. The summed E-state index contributed by atoms with van der Waals surface area (Å²) in [5.74, 6) is 0.552. The molecule has 0 bridgehead atoms. The normalized spacial score (nSPS) is 10.5. The second-order valence-corrected chi connectivity index (χ2v) is 8.08. The number of ether oxygens (including phenoxy) is 4. The lowest BCUT2D eigenvalue weighted by molar-refractivity contribution is -0.123. The number of carbonyl (C=O) groups is 1. The maximum absolute atomic E-state index is 12.2. The highest BCUT2D eigenvalue weighted by atomic mass is 79.9.